The smallest absolute Gasteiger partial charge is 0.378 e. The highest BCUT2D eigenvalue weighted by molar-refractivity contribution is 6.09. The maximum Gasteiger partial charge on any atom is 0.416 e. The first-order chi connectivity index (χ1) is 16.3. The third-order valence-corrected chi connectivity index (χ3v) is 5.17. The van der Waals surface area contributed by atoms with Gasteiger partial charge in [0.25, 0.3) is 11.8 Å². The highest BCUT2D eigenvalue weighted by atomic mass is 19.4. The molecule has 0 saturated carbocycles. The van der Waals surface area contributed by atoms with Crippen LogP contribution in [0.4, 0.5) is 30.4 Å². The molecule has 1 aliphatic rings. The first kappa shape index (κ1) is 23.2. The topological polar surface area (TPSA) is 83.6 Å². The minimum Gasteiger partial charge on any atom is -0.378 e. The van der Waals surface area contributed by atoms with Crippen molar-refractivity contribution in [2.75, 3.05) is 41.8 Å². The van der Waals surface area contributed by atoms with Crippen LogP contribution < -0.4 is 15.5 Å². The van der Waals surface area contributed by atoms with Crippen molar-refractivity contribution >= 4 is 29.0 Å². The second-order valence-electron chi connectivity index (χ2n) is 7.54. The molecule has 34 heavy (non-hydrogen) atoms. The Morgan fingerprint density at radius 2 is 1.56 bits per heavy atom. The van der Waals surface area contributed by atoms with E-state index in [-0.39, 0.29) is 11.3 Å². The zero-order chi connectivity index (χ0) is 24.1. The van der Waals surface area contributed by atoms with Gasteiger partial charge in [-0.25, -0.2) is 4.98 Å². The molecular weight excluding hydrogens is 449 g/mol. The van der Waals surface area contributed by atoms with Gasteiger partial charge in [-0.05, 0) is 48.5 Å². The molecule has 0 bridgehead atoms. The lowest BCUT2D eigenvalue weighted by molar-refractivity contribution is -0.137. The van der Waals surface area contributed by atoms with Crippen LogP contribution in [-0.4, -0.2) is 43.1 Å². The van der Waals surface area contributed by atoms with Crippen LogP contribution in [0.2, 0.25) is 0 Å². The molecule has 4 rings (SSSR count). The Kier molecular flexibility index (Phi) is 6.78. The van der Waals surface area contributed by atoms with E-state index in [1.165, 1.54) is 24.3 Å². The van der Waals surface area contributed by atoms with E-state index in [0.29, 0.717) is 43.4 Å². The maximum absolute atomic E-state index is 13.0. The monoisotopic (exact) mass is 470 g/mol. The summed E-state index contributed by atoms with van der Waals surface area (Å²) in [5.74, 6) is -0.461. The standard InChI is InChI=1S/C24H21F3N4O3/c25-24(26,27)17-5-2-7-19(15-17)29-22(32)16-4-1-6-18(14-16)30-23(33)20-8-3-9-28-21(20)31-10-12-34-13-11-31/h1-9,14-15H,10-13H2,(H,29,32)(H,30,33). The van der Waals surface area contributed by atoms with Crippen molar-refractivity contribution in [1.29, 1.82) is 0 Å². The van der Waals surface area contributed by atoms with Crippen LogP contribution in [0.15, 0.2) is 66.9 Å². The molecule has 0 aliphatic carbocycles. The van der Waals surface area contributed by atoms with E-state index in [0.717, 1.165) is 12.1 Å². The minimum atomic E-state index is -4.52. The fourth-order valence-electron chi connectivity index (χ4n) is 3.51. The molecule has 3 aromatic rings. The first-order valence-electron chi connectivity index (χ1n) is 10.5. The Labute approximate surface area is 193 Å². The van der Waals surface area contributed by atoms with E-state index >= 15 is 0 Å². The number of anilines is 3. The largest absolute Gasteiger partial charge is 0.416 e. The van der Waals surface area contributed by atoms with Crippen LogP contribution in [0.25, 0.3) is 0 Å². The minimum absolute atomic E-state index is 0.0137. The molecule has 2 amide bonds. The van der Waals surface area contributed by atoms with Gasteiger partial charge in [-0.1, -0.05) is 12.1 Å². The maximum atomic E-state index is 13.0. The Morgan fingerprint density at radius 1 is 0.882 bits per heavy atom. The van der Waals surface area contributed by atoms with Crippen molar-refractivity contribution in [1.82, 2.24) is 4.98 Å². The summed E-state index contributed by atoms with van der Waals surface area (Å²) in [6, 6.07) is 13.8. The van der Waals surface area contributed by atoms with Gasteiger partial charge in [0.1, 0.15) is 5.82 Å². The van der Waals surface area contributed by atoms with E-state index < -0.39 is 23.6 Å². The number of rotatable bonds is 5. The normalized spacial score (nSPS) is 13.9. The summed E-state index contributed by atoms with van der Waals surface area (Å²) in [7, 11) is 0. The van der Waals surface area contributed by atoms with Crippen molar-refractivity contribution in [2.24, 2.45) is 0 Å². The molecule has 1 aliphatic heterocycles. The van der Waals surface area contributed by atoms with Gasteiger partial charge < -0.3 is 20.3 Å². The molecule has 2 N–H and O–H groups in total. The number of nitrogens with one attached hydrogen (secondary N) is 2. The molecule has 0 radical (unpaired) electrons. The lowest BCUT2D eigenvalue weighted by atomic mass is 10.1. The lowest BCUT2D eigenvalue weighted by Gasteiger charge is -2.29. The Morgan fingerprint density at radius 3 is 2.29 bits per heavy atom. The van der Waals surface area contributed by atoms with Gasteiger partial charge in [0, 0.05) is 36.2 Å². The Bertz CT molecular complexity index is 1190. The van der Waals surface area contributed by atoms with Crippen LogP contribution in [-0.2, 0) is 10.9 Å². The quantitative estimate of drug-likeness (QED) is 0.576. The van der Waals surface area contributed by atoms with Crippen molar-refractivity contribution in [2.45, 2.75) is 6.18 Å². The molecule has 176 valence electrons. The summed E-state index contributed by atoms with van der Waals surface area (Å²) in [6.07, 6.45) is -2.91. The zero-order valence-electron chi connectivity index (χ0n) is 17.9. The van der Waals surface area contributed by atoms with Crippen molar-refractivity contribution in [3.8, 4) is 0 Å². The fourth-order valence-corrected chi connectivity index (χ4v) is 3.51. The second kappa shape index (κ2) is 9.92. The zero-order valence-corrected chi connectivity index (χ0v) is 17.9. The van der Waals surface area contributed by atoms with E-state index in [9.17, 15) is 22.8 Å². The third kappa shape index (κ3) is 5.52. The predicted molar refractivity (Wildman–Crippen MR) is 121 cm³/mol. The lowest BCUT2D eigenvalue weighted by Crippen LogP contribution is -2.38. The van der Waals surface area contributed by atoms with Gasteiger partial charge in [0.15, 0.2) is 0 Å². The number of morpholine rings is 1. The number of benzene rings is 2. The average Bonchev–Trinajstić information content (AvgIpc) is 2.84. The fraction of sp³-hybridized carbons (Fsp3) is 0.208. The van der Waals surface area contributed by atoms with Crippen molar-refractivity contribution in [3.05, 3.63) is 83.6 Å². The number of carbonyl (C=O) groups is 2. The number of amides is 2. The number of halogens is 3. The third-order valence-electron chi connectivity index (χ3n) is 5.17. The molecule has 0 spiro atoms. The van der Waals surface area contributed by atoms with Crippen LogP contribution in [0.1, 0.15) is 26.3 Å². The average molecular weight is 470 g/mol. The van der Waals surface area contributed by atoms with Gasteiger partial charge in [0.2, 0.25) is 0 Å². The summed E-state index contributed by atoms with van der Waals surface area (Å²) in [4.78, 5) is 31.9. The molecule has 0 unspecified atom stereocenters. The van der Waals surface area contributed by atoms with E-state index in [2.05, 4.69) is 15.6 Å². The molecule has 1 aromatic heterocycles. The SMILES string of the molecule is O=C(Nc1cccc(C(F)(F)F)c1)c1cccc(NC(=O)c2cccnc2N2CCOCC2)c1. The van der Waals surface area contributed by atoms with Crippen molar-refractivity contribution < 1.29 is 27.5 Å². The van der Waals surface area contributed by atoms with Gasteiger partial charge in [0.05, 0.1) is 24.3 Å². The van der Waals surface area contributed by atoms with Crippen LogP contribution in [0.3, 0.4) is 0 Å². The highest BCUT2D eigenvalue weighted by Gasteiger charge is 2.30. The summed E-state index contributed by atoms with van der Waals surface area (Å²) in [5.41, 5.74) is 0.0649. The summed E-state index contributed by atoms with van der Waals surface area (Å²) in [5, 5.41) is 5.22. The Balaban J connectivity index is 1.48. The van der Waals surface area contributed by atoms with E-state index in [1.807, 2.05) is 4.90 Å². The summed E-state index contributed by atoms with van der Waals surface area (Å²) >= 11 is 0. The molecule has 2 heterocycles. The number of hydrogen-bond donors (Lipinski definition) is 2. The van der Waals surface area contributed by atoms with Gasteiger partial charge in [-0.3, -0.25) is 9.59 Å². The van der Waals surface area contributed by atoms with Crippen molar-refractivity contribution in [3.63, 3.8) is 0 Å². The first-order valence-corrected chi connectivity index (χ1v) is 10.5. The van der Waals surface area contributed by atoms with E-state index in [1.54, 1.807) is 30.5 Å². The second-order valence-corrected chi connectivity index (χ2v) is 7.54. The van der Waals surface area contributed by atoms with Gasteiger partial charge >= 0.3 is 6.18 Å². The molecule has 0 atom stereocenters. The number of ether oxygens (including phenoxy) is 1. The molecule has 10 heteroatoms. The van der Waals surface area contributed by atoms with Gasteiger partial charge in [-0.2, -0.15) is 13.2 Å². The summed E-state index contributed by atoms with van der Waals surface area (Å²) < 4.78 is 44.1. The number of pyridine rings is 1. The highest BCUT2D eigenvalue weighted by Crippen LogP contribution is 2.30. The van der Waals surface area contributed by atoms with Crippen LogP contribution in [0, 0.1) is 0 Å². The van der Waals surface area contributed by atoms with E-state index in [4.69, 9.17) is 4.74 Å². The predicted octanol–water partition coefficient (Wildman–Crippen LogP) is 4.44. The van der Waals surface area contributed by atoms with Crippen LogP contribution in [0.5, 0.6) is 0 Å². The summed E-state index contributed by atoms with van der Waals surface area (Å²) in [6.45, 7) is 2.31. The number of alkyl halides is 3. The molecule has 1 saturated heterocycles. The molecule has 2 aromatic carbocycles. The number of hydrogen-bond acceptors (Lipinski definition) is 5. The number of nitrogens with zero attached hydrogens (tertiary/aromatic N) is 2. The number of aromatic nitrogens is 1. The van der Waals surface area contributed by atoms with Crippen LogP contribution >= 0.6 is 0 Å². The van der Waals surface area contributed by atoms with Gasteiger partial charge in [-0.15, -0.1) is 0 Å². The molecule has 7 nitrogen and oxygen atoms in total. The molecule has 1 fully saturated rings. The molecular formula is C24H21F3N4O3. The Hall–Kier alpha value is -3.92. The number of carbonyl (C=O) groups excluding carboxylic acids is 2.